The third kappa shape index (κ3) is 2.34. The van der Waals surface area contributed by atoms with Crippen LogP contribution in [-0.4, -0.2) is 14.8 Å². The van der Waals surface area contributed by atoms with Crippen LogP contribution in [0.25, 0.3) is 5.70 Å². The van der Waals surface area contributed by atoms with Gasteiger partial charge in [-0.3, -0.25) is 0 Å². The average Bonchev–Trinajstić information content (AvgIpc) is 2.56. The third-order valence-electron chi connectivity index (χ3n) is 1.49. The molecule has 0 saturated carbocycles. The minimum Gasteiger partial charge on any atom is -0.225 e. The van der Waals surface area contributed by atoms with Gasteiger partial charge in [0.15, 0.2) is 0 Å². The first-order valence-corrected chi connectivity index (χ1v) is 4.03. The molecule has 0 amide bonds. The van der Waals surface area contributed by atoms with Crippen molar-refractivity contribution in [3.05, 3.63) is 30.9 Å². The molecule has 0 N–H and O–H groups in total. The van der Waals surface area contributed by atoms with Crippen LogP contribution in [0, 0.1) is 0 Å². The molecule has 3 heteroatoms. The first kappa shape index (κ1) is 8.71. The summed E-state index contributed by atoms with van der Waals surface area (Å²) in [5, 5.41) is 4.00. The van der Waals surface area contributed by atoms with Crippen molar-refractivity contribution in [1.29, 1.82) is 0 Å². The van der Waals surface area contributed by atoms with Crippen LogP contribution in [0.15, 0.2) is 30.9 Å². The molecule has 0 unspecified atom stereocenters. The van der Waals surface area contributed by atoms with Crippen molar-refractivity contribution >= 4 is 5.70 Å². The molecule has 64 valence electrons. The summed E-state index contributed by atoms with van der Waals surface area (Å²) in [5.41, 5.74) is 1.07. The summed E-state index contributed by atoms with van der Waals surface area (Å²) in [6.07, 6.45) is 10.4. The molecule has 0 atom stereocenters. The summed E-state index contributed by atoms with van der Waals surface area (Å²) >= 11 is 0. The second kappa shape index (κ2) is 4.49. The molecule has 1 heterocycles. The summed E-state index contributed by atoms with van der Waals surface area (Å²) in [6, 6.07) is 0. The molecule has 0 aliphatic rings. The Balaban J connectivity index is 2.65. The normalized spacial score (nSPS) is 12.7. The molecule has 0 spiro atoms. The Morgan fingerprint density at radius 2 is 2.42 bits per heavy atom. The van der Waals surface area contributed by atoms with E-state index in [-0.39, 0.29) is 0 Å². The lowest BCUT2D eigenvalue weighted by Gasteiger charge is -1.95. The van der Waals surface area contributed by atoms with Crippen molar-refractivity contribution < 1.29 is 0 Å². The molecule has 0 radical (unpaired) electrons. The summed E-state index contributed by atoms with van der Waals surface area (Å²) < 4.78 is 1.74. The number of rotatable bonds is 3. The van der Waals surface area contributed by atoms with E-state index < -0.39 is 0 Å². The smallest absolute Gasteiger partial charge is 0.138 e. The fourth-order valence-corrected chi connectivity index (χ4v) is 0.810. The Morgan fingerprint density at radius 3 is 3.00 bits per heavy atom. The Bertz CT molecular complexity index is 270. The van der Waals surface area contributed by atoms with E-state index in [2.05, 4.69) is 23.1 Å². The summed E-state index contributed by atoms with van der Waals surface area (Å²) in [7, 11) is 0. The van der Waals surface area contributed by atoms with Crippen molar-refractivity contribution in [2.24, 2.45) is 0 Å². The fourth-order valence-electron chi connectivity index (χ4n) is 0.810. The van der Waals surface area contributed by atoms with Crippen LogP contribution in [0.5, 0.6) is 0 Å². The van der Waals surface area contributed by atoms with E-state index in [0.29, 0.717) is 0 Å². The lowest BCUT2D eigenvalue weighted by molar-refractivity contribution is 0.894. The Morgan fingerprint density at radius 1 is 1.58 bits per heavy atom. The Hall–Kier alpha value is -1.38. The number of allylic oxidation sites excluding steroid dienone is 4. The van der Waals surface area contributed by atoms with E-state index >= 15 is 0 Å². The van der Waals surface area contributed by atoms with Gasteiger partial charge in [-0.25, -0.2) is 9.67 Å². The first-order chi connectivity index (χ1) is 5.84. The largest absolute Gasteiger partial charge is 0.225 e. The molecular formula is C9H13N3. The average molecular weight is 163 g/mol. The predicted octanol–water partition coefficient (Wildman–Crippen LogP) is 2.11. The van der Waals surface area contributed by atoms with Crippen LogP contribution in [0.2, 0.25) is 0 Å². The van der Waals surface area contributed by atoms with Crippen LogP contribution < -0.4 is 0 Å². The van der Waals surface area contributed by atoms with E-state index in [4.69, 9.17) is 0 Å². The molecule has 3 nitrogen and oxygen atoms in total. The highest BCUT2D eigenvalue weighted by molar-refractivity contribution is 5.43. The van der Waals surface area contributed by atoms with E-state index in [1.165, 1.54) is 6.33 Å². The molecule has 0 fully saturated rings. The van der Waals surface area contributed by atoms with Crippen molar-refractivity contribution in [2.45, 2.75) is 20.3 Å². The maximum atomic E-state index is 4.00. The number of aromatic nitrogens is 3. The minimum atomic E-state index is 1.06. The van der Waals surface area contributed by atoms with Crippen LogP contribution in [0.3, 0.4) is 0 Å². The van der Waals surface area contributed by atoms with Crippen LogP contribution >= 0.6 is 0 Å². The highest BCUT2D eigenvalue weighted by Crippen LogP contribution is 1.99. The summed E-state index contributed by atoms with van der Waals surface area (Å²) in [6.45, 7) is 4.10. The van der Waals surface area contributed by atoms with Gasteiger partial charge in [0.1, 0.15) is 12.7 Å². The zero-order valence-corrected chi connectivity index (χ0v) is 7.44. The number of hydrogen-bond acceptors (Lipinski definition) is 2. The van der Waals surface area contributed by atoms with Gasteiger partial charge in [0.25, 0.3) is 0 Å². The Kier molecular flexibility index (Phi) is 3.26. The molecule has 1 aromatic rings. The lowest BCUT2D eigenvalue weighted by atomic mass is 10.3. The molecule has 12 heavy (non-hydrogen) atoms. The van der Waals surface area contributed by atoms with Gasteiger partial charge in [0, 0.05) is 5.70 Å². The second-order valence-electron chi connectivity index (χ2n) is 2.48. The molecule has 0 aliphatic heterocycles. The van der Waals surface area contributed by atoms with E-state index in [1.807, 2.05) is 19.1 Å². The van der Waals surface area contributed by atoms with Gasteiger partial charge in [-0.1, -0.05) is 19.1 Å². The molecule has 1 rings (SSSR count). The van der Waals surface area contributed by atoms with Crippen LogP contribution in [0.1, 0.15) is 20.3 Å². The summed E-state index contributed by atoms with van der Waals surface area (Å²) in [4.78, 5) is 3.86. The van der Waals surface area contributed by atoms with Gasteiger partial charge in [0.2, 0.25) is 0 Å². The molecule has 0 bridgehead atoms. The van der Waals surface area contributed by atoms with Gasteiger partial charge in [-0.15, -0.1) is 0 Å². The zero-order chi connectivity index (χ0) is 8.81. The Labute approximate surface area is 72.4 Å². The molecule has 0 saturated heterocycles. The van der Waals surface area contributed by atoms with Crippen molar-refractivity contribution in [2.75, 3.05) is 0 Å². The predicted molar refractivity (Wildman–Crippen MR) is 49.4 cm³/mol. The topological polar surface area (TPSA) is 30.7 Å². The highest BCUT2D eigenvalue weighted by atomic mass is 15.3. The van der Waals surface area contributed by atoms with Gasteiger partial charge >= 0.3 is 0 Å². The third-order valence-corrected chi connectivity index (χ3v) is 1.49. The molecule has 0 aromatic carbocycles. The van der Waals surface area contributed by atoms with Gasteiger partial charge in [-0.05, 0) is 19.4 Å². The SMILES string of the molecule is CC/C=C\C=C(/C)n1cncn1. The van der Waals surface area contributed by atoms with Gasteiger partial charge in [0.05, 0.1) is 0 Å². The van der Waals surface area contributed by atoms with Crippen LogP contribution in [0.4, 0.5) is 0 Å². The van der Waals surface area contributed by atoms with Gasteiger partial charge in [-0.2, -0.15) is 5.10 Å². The van der Waals surface area contributed by atoms with Crippen LogP contribution in [-0.2, 0) is 0 Å². The first-order valence-electron chi connectivity index (χ1n) is 4.03. The monoisotopic (exact) mass is 163 g/mol. The number of nitrogens with zero attached hydrogens (tertiary/aromatic N) is 3. The standard InChI is InChI=1S/C9H13N3/c1-3-4-5-6-9(2)12-8-10-7-11-12/h4-8H,3H2,1-2H3/b5-4-,9-6+. The van der Waals surface area contributed by atoms with E-state index in [1.54, 1.807) is 11.0 Å². The van der Waals surface area contributed by atoms with Gasteiger partial charge < -0.3 is 0 Å². The van der Waals surface area contributed by atoms with Crippen molar-refractivity contribution in [3.8, 4) is 0 Å². The van der Waals surface area contributed by atoms with Crippen molar-refractivity contribution in [1.82, 2.24) is 14.8 Å². The summed E-state index contributed by atoms with van der Waals surface area (Å²) in [5.74, 6) is 0. The van der Waals surface area contributed by atoms with E-state index in [0.717, 1.165) is 12.1 Å². The number of hydrogen-bond donors (Lipinski definition) is 0. The second-order valence-corrected chi connectivity index (χ2v) is 2.48. The zero-order valence-electron chi connectivity index (χ0n) is 7.44. The molecule has 1 aromatic heterocycles. The maximum absolute atomic E-state index is 4.00. The van der Waals surface area contributed by atoms with E-state index in [9.17, 15) is 0 Å². The van der Waals surface area contributed by atoms with Crippen molar-refractivity contribution in [3.63, 3.8) is 0 Å². The highest BCUT2D eigenvalue weighted by Gasteiger charge is 1.89. The quantitative estimate of drug-likeness (QED) is 0.639. The fraction of sp³-hybridized carbons (Fsp3) is 0.333. The lowest BCUT2D eigenvalue weighted by Crippen LogP contribution is -1.92. The maximum Gasteiger partial charge on any atom is 0.138 e. The minimum absolute atomic E-state index is 1.06. The molecular weight excluding hydrogens is 150 g/mol. The molecule has 0 aliphatic carbocycles.